The van der Waals surface area contributed by atoms with Gasteiger partial charge in [-0.15, -0.1) is 10.2 Å². The van der Waals surface area contributed by atoms with Gasteiger partial charge in [-0.3, -0.25) is 9.58 Å². The Labute approximate surface area is 146 Å². The first-order chi connectivity index (χ1) is 12.3. The van der Waals surface area contributed by atoms with E-state index in [9.17, 15) is 0 Å². The van der Waals surface area contributed by atoms with Crippen LogP contribution in [0.5, 0.6) is 5.88 Å². The number of rotatable bonds is 5. The molecule has 0 N–H and O–H groups in total. The highest BCUT2D eigenvalue weighted by molar-refractivity contribution is 5.10. The first-order valence-corrected chi connectivity index (χ1v) is 8.42. The molecule has 8 heteroatoms. The molecular formula is C17H21N7O. The summed E-state index contributed by atoms with van der Waals surface area (Å²) in [6, 6.07) is 5.62. The van der Waals surface area contributed by atoms with Crippen LogP contribution >= 0.6 is 0 Å². The van der Waals surface area contributed by atoms with E-state index in [1.165, 1.54) is 5.56 Å². The molecule has 0 fully saturated rings. The van der Waals surface area contributed by atoms with E-state index < -0.39 is 0 Å². The van der Waals surface area contributed by atoms with Gasteiger partial charge in [0.2, 0.25) is 5.88 Å². The first-order valence-electron chi connectivity index (χ1n) is 8.42. The summed E-state index contributed by atoms with van der Waals surface area (Å²) >= 11 is 0. The standard InChI is InChI=1S/C17H21N7O/c1-22-11-14(10-19-22)12-23-7-5-15-20-21-16(24(15)9-8-23)13-25-17-4-2-3-6-18-17/h2-4,6,10-11H,5,7-9,12-13H2,1H3. The normalized spacial score (nSPS) is 14.9. The van der Waals surface area contributed by atoms with Gasteiger partial charge in [-0.25, -0.2) is 4.98 Å². The second-order valence-electron chi connectivity index (χ2n) is 6.19. The number of pyridine rings is 1. The summed E-state index contributed by atoms with van der Waals surface area (Å²) in [5.41, 5.74) is 1.24. The van der Waals surface area contributed by atoms with Crippen molar-refractivity contribution >= 4 is 0 Å². The van der Waals surface area contributed by atoms with Crippen molar-refractivity contribution in [2.75, 3.05) is 13.1 Å². The maximum Gasteiger partial charge on any atom is 0.213 e. The Hall–Kier alpha value is -2.74. The van der Waals surface area contributed by atoms with Crippen LogP contribution in [0, 0.1) is 0 Å². The summed E-state index contributed by atoms with van der Waals surface area (Å²) in [7, 11) is 1.95. The Bertz CT molecular complexity index is 827. The zero-order valence-electron chi connectivity index (χ0n) is 14.2. The monoisotopic (exact) mass is 339 g/mol. The molecule has 0 saturated carbocycles. The molecule has 0 unspecified atom stereocenters. The van der Waals surface area contributed by atoms with Crippen molar-refractivity contribution < 1.29 is 4.74 Å². The van der Waals surface area contributed by atoms with Crippen LogP contribution in [-0.2, 0) is 33.2 Å². The maximum atomic E-state index is 5.72. The highest BCUT2D eigenvalue weighted by Gasteiger charge is 2.19. The zero-order chi connectivity index (χ0) is 17.1. The van der Waals surface area contributed by atoms with Gasteiger partial charge in [-0.2, -0.15) is 5.10 Å². The third-order valence-electron chi connectivity index (χ3n) is 4.35. The summed E-state index contributed by atoms with van der Waals surface area (Å²) in [6.07, 6.45) is 6.60. The molecule has 1 aliphatic rings. The third-order valence-corrected chi connectivity index (χ3v) is 4.35. The minimum Gasteiger partial charge on any atom is -0.469 e. The topological polar surface area (TPSA) is 73.9 Å². The average Bonchev–Trinajstić information content (AvgIpc) is 3.16. The van der Waals surface area contributed by atoms with Gasteiger partial charge in [0.1, 0.15) is 12.4 Å². The number of aromatic nitrogens is 6. The van der Waals surface area contributed by atoms with Crippen LogP contribution in [-0.4, -0.2) is 47.5 Å². The van der Waals surface area contributed by atoms with Gasteiger partial charge >= 0.3 is 0 Å². The van der Waals surface area contributed by atoms with Gasteiger partial charge < -0.3 is 9.30 Å². The van der Waals surface area contributed by atoms with Crippen LogP contribution in [0.4, 0.5) is 0 Å². The van der Waals surface area contributed by atoms with Crippen molar-refractivity contribution in [3.63, 3.8) is 0 Å². The largest absolute Gasteiger partial charge is 0.469 e. The van der Waals surface area contributed by atoms with Gasteiger partial charge in [0.25, 0.3) is 0 Å². The van der Waals surface area contributed by atoms with Crippen LogP contribution in [0.1, 0.15) is 17.2 Å². The van der Waals surface area contributed by atoms with E-state index >= 15 is 0 Å². The number of nitrogens with zero attached hydrogens (tertiary/aromatic N) is 7. The molecular weight excluding hydrogens is 318 g/mol. The predicted molar refractivity (Wildman–Crippen MR) is 90.8 cm³/mol. The zero-order valence-corrected chi connectivity index (χ0v) is 14.2. The smallest absolute Gasteiger partial charge is 0.213 e. The first kappa shape index (κ1) is 15.8. The molecule has 3 aromatic rings. The van der Waals surface area contributed by atoms with Crippen LogP contribution in [0.2, 0.25) is 0 Å². The molecule has 25 heavy (non-hydrogen) atoms. The number of hydrogen-bond donors (Lipinski definition) is 0. The second-order valence-corrected chi connectivity index (χ2v) is 6.19. The molecule has 0 aliphatic carbocycles. The van der Waals surface area contributed by atoms with Crippen molar-refractivity contribution in [2.24, 2.45) is 7.05 Å². The van der Waals surface area contributed by atoms with Crippen LogP contribution in [0.15, 0.2) is 36.8 Å². The lowest BCUT2D eigenvalue weighted by Gasteiger charge is -2.18. The Morgan fingerprint density at radius 2 is 2.12 bits per heavy atom. The Balaban J connectivity index is 1.39. The van der Waals surface area contributed by atoms with Gasteiger partial charge in [0.15, 0.2) is 5.82 Å². The van der Waals surface area contributed by atoms with Crippen LogP contribution in [0.3, 0.4) is 0 Å². The Kier molecular flexibility index (Phi) is 4.43. The molecule has 8 nitrogen and oxygen atoms in total. The highest BCUT2D eigenvalue weighted by Crippen LogP contribution is 2.14. The van der Waals surface area contributed by atoms with E-state index in [-0.39, 0.29) is 0 Å². The molecule has 0 atom stereocenters. The van der Waals surface area contributed by atoms with Crippen LogP contribution < -0.4 is 4.74 Å². The molecule has 4 heterocycles. The highest BCUT2D eigenvalue weighted by atomic mass is 16.5. The molecule has 0 saturated heterocycles. The fraction of sp³-hybridized carbons (Fsp3) is 0.412. The van der Waals surface area contributed by atoms with E-state index in [0.717, 1.165) is 44.2 Å². The number of aryl methyl sites for hydroxylation is 1. The van der Waals surface area contributed by atoms with Crippen molar-refractivity contribution in [1.82, 2.24) is 34.4 Å². The lowest BCUT2D eigenvalue weighted by atomic mass is 10.3. The van der Waals surface area contributed by atoms with Gasteiger partial charge in [0, 0.05) is 63.7 Å². The molecule has 0 amide bonds. The van der Waals surface area contributed by atoms with Crippen molar-refractivity contribution in [2.45, 2.75) is 26.1 Å². The lowest BCUT2D eigenvalue weighted by Crippen LogP contribution is -2.26. The molecule has 4 rings (SSSR count). The molecule has 0 bridgehead atoms. The van der Waals surface area contributed by atoms with Gasteiger partial charge in [-0.05, 0) is 6.07 Å². The lowest BCUT2D eigenvalue weighted by molar-refractivity contribution is 0.259. The minimum absolute atomic E-state index is 0.382. The fourth-order valence-corrected chi connectivity index (χ4v) is 3.07. The molecule has 3 aromatic heterocycles. The number of ether oxygens (including phenoxy) is 1. The quantitative estimate of drug-likeness (QED) is 0.692. The second kappa shape index (κ2) is 7.02. The predicted octanol–water partition coefficient (Wildman–Crippen LogP) is 1.04. The average molecular weight is 339 g/mol. The molecule has 0 radical (unpaired) electrons. The Morgan fingerprint density at radius 3 is 2.92 bits per heavy atom. The maximum absolute atomic E-state index is 5.72. The summed E-state index contributed by atoms with van der Waals surface area (Å²) in [5, 5.41) is 12.9. The van der Waals surface area contributed by atoms with Crippen LogP contribution in [0.25, 0.3) is 0 Å². The summed E-state index contributed by atoms with van der Waals surface area (Å²) < 4.78 is 9.74. The van der Waals surface area contributed by atoms with E-state index in [1.54, 1.807) is 6.20 Å². The van der Waals surface area contributed by atoms with Gasteiger partial charge in [-0.1, -0.05) is 6.07 Å². The fourth-order valence-electron chi connectivity index (χ4n) is 3.07. The van der Waals surface area contributed by atoms with E-state index in [1.807, 2.05) is 36.1 Å². The SMILES string of the molecule is Cn1cc(CN2CCc3nnc(COc4ccccn4)n3CC2)cn1. The molecule has 0 spiro atoms. The van der Waals surface area contributed by atoms with E-state index in [0.29, 0.717) is 12.5 Å². The third kappa shape index (κ3) is 3.69. The number of fused-ring (bicyclic) bond motifs is 1. The molecule has 1 aliphatic heterocycles. The summed E-state index contributed by atoms with van der Waals surface area (Å²) in [6.45, 7) is 4.08. The summed E-state index contributed by atoms with van der Waals surface area (Å²) in [4.78, 5) is 6.60. The number of hydrogen-bond acceptors (Lipinski definition) is 6. The Morgan fingerprint density at radius 1 is 1.16 bits per heavy atom. The molecule has 130 valence electrons. The van der Waals surface area contributed by atoms with E-state index in [2.05, 4.69) is 35.9 Å². The van der Waals surface area contributed by atoms with E-state index in [4.69, 9.17) is 4.74 Å². The van der Waals surface area contributed by atoms with Crippen molar-refractivity contribution in [1.29, 1.82) is 0 Å². The van der Waals surface area contributed by atoms with Crippen molar-refractivity contribution in [3.8, 4) is 5.88 Å². The van der Waals surface area contributed by atoms with Crippen molar-refractivity contribution in [3.05, 3.63) is 54.0 Å². The molecule has 0 aromatic carbocycles. The minimum atomic E-state index is 0.382. The van der Waals surface area contributed by atoms with Gasteiger partial charge in [0.05, 0.1) is 6.20 Å². The summed E-state index contributed by atoms with van der Waals surface area (Å²) in [5.74, 6) is 2.48.